The molecule has 1 aliphatic rings. The third-order valence-electron chi connectivity index (χ3n) is 4.11. The van der Waals surface area contributed by atoms with Gasteiger partial charge in [0.05, 0.1) is 30.7 Å². The monoisotopic (exact) mass is 369 g/mol. The zero-order valence-corrected chi connectivity index (χ0v) is 14.0. The molecule has 1 atom stereocenters. The number of hydrogen-bond donors (Lipinski definition) is 1. The van der Waals surface area contributed by atoms with Crippen LogP contribution in [-0.2, 0) is 10.9 Å². The van der Waals surface area contributed by atoms with Gasteiger partial charge in [0.2, 0.25) is 0 Å². The van der Waals surface area contributed by atoms with Gasteiger partial charge in [-0.15, -0.1) is 0 Å². The Morgan fingerprint density at radius 1 is 1.38 bits per heavy atom. The molecule has 0 saturated carbocycles. The molecule has 9 heteroatoms. The summed E-state index contributed by atoms with van der Waals surface area (Å²) >= 11 is 0. The quantitative estimate of drug-likeness (QED) is 0.880. The Kier molecular flexibility index (Phi) is 5.17. The molecule has 3 rings (SSSR count). The average Bonchev–Trinajstić information content (AvgIpc) is 3.29. The second-order valence-electron chi connectivity index (χ2n) is 5.86. The normalized spacial score (nSPS) is 17.3. The van der Waals surface area contributed by atoms with Gasteiger partial charge in [-0.05, 0) is 37.1 Å². The van der Waals surface area contributed by atoms with Gasteiger partial charge < -0.3 is 14.8 Å². The fourth-order valence-corrected chi connectivity index (χ4v) is 2.81. The van der Waals surface area contributed by atoms with Crippen molar-refractivity contribution in [1.82, 2.24) is 15.1 Å². The fraction of sp³-hybridized carbons (Fsp3) is 0.412. The lowest BCUT2D eigenvalue weighted by molar-refractivity contribution is -0.143. The molecular weight excluding hydrogens is 351 g/mol. The minimum atomic E-state index is -4.74. The molecule has 1 N–H and O–H groups in total. The number of carbonyl (C=O) groups is 1. The van der Waals surface area contributed by atoms with E-state index in [1.807, 2.05) is 0 Å². The maximum absolute atomic E-state index is 13.6. The lowest BCUT2D eigenvalue weighted by Gasteiger charge is -2.14. The number of hydrogen-bond acceptors (Lipinski definition) is 4. The highest BCUT2D eigenvalue weighted by atomic mass is 19.4. The molecule has 6 nitrogen and oxygen atoms in total. The molecule has 0 unspecified atom stereocenters. The minimum absolute atomic E-state index is 0.162. The van der Waals surface area contributed by atoms with Crippen molar-refractivity contribution in [3.63, 3.8) is 0 Å². The van der Waals surface area contributed by atoms with Gasteiger partial charge in [-0.2, -0.15) is 18.3 Å². The molecule has 0 aliphatic carbocycles. The number of rotatable bonds is 5. The highest BCUT2D eigenvalue weighted by Gasteiger charge is 2.40. The highest BCUT2D eigenvalue weighted by molar-refractivity contribution is 5.95. The summed E-state index contributed by atoms with van der Waals surface area (Å²) in [5.41, 5.74) is -1.46. The molecular formula is C17H18F3N3O3. The van der Waals surface area contributed by atoms with E-state index in [-0.39, 0.29) is 18.3 Å². The van der Waals surface area contributed by atoms with Gasteiger partial charge in [0.25, 0.3) is 5.91 Å². The summed E-state index contributed by atoms with van der Waals surface area (Å²) in [5.74, 6) is -0.323. The van der Waals surface area contributed by atoms with Crippen LogP contribution in [0.5, 0.6) is 5.75 Å². The molecule has 0 radical (unpaired) electrons. The van der Waals surface area contributed by atoms with Crippen LogP contribution in [-0.4, -0.2) is 42.1 Å². The predicted octanol–water partition coefficient (Wildman–Crippen LogP) is 2.81. The molecule has 2 aromatic rings. The van der Waals surface area contributed by atoms with Crippen molar-refractivity contribution in [1.29, 1.82) is 0 Å². The van der Waals surface area contributed by atoms with Crippen molar-refractivity contribution in [2.24, 2.45) is 0 Å². The number of nitrogens with zero attached hydrogens (tertiary/aromatic N) is 2. The van der Waals surface area contributed by atoms with Gasteiger partial charge in [0.1, 0.15) is 5.75 Å². The summed E-state index contributed by atoms with van der Waals surface area (Å²) < 4.78 is 51.8. The zero-order chi connectivity index (χ0) is 18.7. The van der Waals surface area contributed by atoms with Crippen LogP contribution in [0.1, 0.15) is 28.9 Å². The van der Waals surface area contributed by atoms with Crippen LogP contribution in [0.3, 0.4) is 0 Å². The first-order chi connectivity index (χ1) is 12.4. The molecule has 0 spiro atoms. The number of alkyl halides is 3. The van der Waals surface area contributed by atoms with Crippen LogP contribution in [0.4, 0.5) is 13.2 Å². The van der Waals surface area contributed by atoms with Crippen molar-refractivity contribution in [3.05, 3.63) is 41.7 Å². The summed E-state index contributed by atoms with van der Waals surface area (Å²) in [4.78, 5) is 12.3. The Labute approximate surface area is 147 Å². The van der Waals surface area contributed by atoms with Crippen molar-refractivity contribution in [2.45, 2.75) is 25.1 Å². The van der Waals surface area contributed by atoms with Gasteiger partial charge >= 0.3 is 6.18 Å². The predicted molar refractivity (Wildman–Crippen MR) is 86.4 cm³/mol. The van der Waals surface area contributed by atoms with E-state index < -0.39 is 23.3 Å². The van der Waals surface area contributed by atoms with E-state index in [1.54, 1.807) is 0 Å². The Bertz CT molecular complexity index is 766. The molecule has 140 valence electrons. The summed E-state index contributed by atoms with van der Waals surface area (Å²) in [6, 6.07) is 5.92. The Morgan fingerprint density at radius 3 is 2.69 bits per heavy atom. The first-order valence-corrected chi connectivity index (χ1v) is 8.09. The lowest BCUT2D eigenvalue weighted by atomic mass is 10.2. The number of methoxy groups -OCH3 is 1. The van der Waals surface area contributed by atoms with E-state index in [4.69, 9.17) is 9.47 Å². The molecule has 1 saturated heterocycles. The number of ether oxygens (including phenoxy) is 2. The average molecular weight is 369 g/mol. The molecule has 0 bridgehead atoms. The maximum Gasteiger partial charge on any atom is 0.434 e. The summed E-state index contributed by atoms with van der Waals surface area (Å²) in [7, 11) is 1.46. The van der Waals surface area contributed by atoms with E-state index in [1.165, 1.54) is 31.4 Å². The van der Waals surface area contributed by atoms with Gasteiger partial charge in [-0.3, -0.25) is 4.79 Å². The largest absolute Gasteiger partial charge is 0.497 e. The number of benzene rings is 1. The zero-order valence-electron chi connectivity index (χ0n) is 14.0. The summed E-state index contributed by atoms with van der Waals surface area (Å²) in [6.07, 6.45) is -2.32. The standard InChI is InChI=1S/C17H18F3N3O3/c1-25-12-6-4-11(5-7-12)23-15(17(18,19)20)14(10-22-23)16(24)21-9-13-3-2-8-26-13/h4-7,10,13H,2-3,8-9H2,1H3,(H,21,24)/t13-/m1/s1. The van der Waals surface area contributed by atoms with Crippen LogP contribution in [0.15, 0.2) is 30.5 Å². The molecule has 1 aromatic heterocycles. The highest BCUT2D eigenvalue weighted by Crippen LogP contribution is 2.34. The number of amides is 1. The molecule has 1 aromatic carbocycles. The smallest absolute Gasteiger partial charge is 0.434 e. The number of carbonyl (C=O) groups excluding carboxylic acids is 1. The van der Waals surface area contributed by atoms with Gasteiger partial charge in [0, 0.05) is 13.2 Å². The van der Waals surface area contributed by atoms with Gasteiger partial charge in [0.15, 0.2) is 5.69 Å². The first-order valence-electron chi connectivity index (χ1n) is 8.09. The van der Waals surface area contributed by atoms with Crippen LogP contribution >= 0.6 is 0 Å². The summed E-state index contributed by atoms with van der Waals surface area (Å²) in [6.45, 7) is 0.771. The number of aromatic nitrogens is 2. The Morgan fingerprint density at radius 2 is 2.12 bits per heavy atom. The van der Waals surface area contributed by atoms with Crippen molar-refractivity contribution >= 4 is 5.91 Å². The topological polar surface area (TPSA) is 65.4 Å². The lowest BCUT2D eigenvalue weighted by Crippen LogP contribution is -2.33. The van der Waals surface area contributed by atoms with Gasteiger partial charge in [-0.1, -0.05) is 0 Å². The minimum Gasteiger partial charge on any atom is -0.497 e. The van der Waals surface area contributed by atoms with Crippen molar-refractivity contribution in [2.75, 3.05) is 20.3 Å². The molecule has 2 heterocycles. The van der Waals surface area contributed by atoms with Crippen molar-refractivity contribution in [3.8, 4) is 11.4 Å². The second kappa shape index (κ2) is 7.36. The van der Waals surface area contributed by atoms with Crippen LogP contribution in [0.25, 0.3) is 5.69 Å². The SMILES string of the molecule is COc1ccc(-n2ncc(C(=O)NC[C@H]3CCCO3)c2C(F)(F)F)cc1. The van der Waals surface area contributed by atoms with E-state index in [0.717, 1.165) is 19.0 Å². The van der Waals surface area contributed by atoms with Crippen LogP contribution < -0.4 is 10.1 Å². The third-order valence-corrected chi connectivity index (χ3v) is 4.11. The first kappa shape index (κ1) is 18.2. The maximum atomic E-state index is 13.6. The molecule has 1 fully saturated rings. The van der Waals surface area contributed by atoms with E-state index in [2.05, 4.69) is 10.4 Å². The van der Waals surface area contributed by atoms with Crippen LogP contribution in [0.2, 0.25) is 0 Å². The molecule has 26 heavy (non-hydrogen) atoms. The fourth-order valence-electron chi connectivity index (χ4n) is 2.81. The number of nitrogens with one attached hydrogen (secondary N) is 1. The molecule has 1 aliphatic heterocycles. The van der Waals surface area contributed by atoms with Crippen molar-refractivity contribution < 1.29 is 27.4 Å². The Hall–Kier alpha value is -2.55. The Balaban J connectivity index is 1.87. The van der Waals surface area contributed by atoms with Gasteiger partial charge in [-0.25, -0.2) is 4.68 Å². The van der Waals surface area contributed by atoms with E-state index in [9.17, 15) is 18.0 Å². The third kappa shape index (κ3) is 3.82. The van der Waals surface area contributed by atoms with E-state index in [0.29, 0.717) is 17.0 Å². The summed E-state index contributed by atoms with van der Waals surface area (Å²) in [5, 5.41) is 6.27. The number of halogens is 3. The molecule has 1 amide bonds. The van der Waals surface area contributed by atoms with E-state index >= 15 is 0 Å². The second-order valence-corrected chi connectivity index (χ2v) is 5.86. The van der Waals surface area contributed by atoms with Crippen LogP contribution in [0, 0.1) is 0 Å².